The first kappa shape index (κ1) is 38.0. The number of benzene rings is 10. The van der Waals surface area contributed by atoms with Gasteiger partial charge in [0.25, 0.3) is 0 Å². The van der Waals surface area contributed by atoms with E-state index in [9.17, 15) is 0 Å². The van der Waals surface area contributed by atoms with Crippen molar-refractivity contribution >= 4 is 59.5 Å². The molecule has 302 valence electrons. The second-order valence-corrected chi connectivity index (χ2v) is 17.7. The van der Waals surface area contributed by atoms with Gasteiger partial charge in [-0.15, -0.1) is 0 Å². The van der Waals surface area contributed by atoms with Gasteiger partial charge in [0.1, 0.15) is 0 Å². The summed E-state index contributed by atoms with van der Waals surface area (Å²) in [6.45, 7) is 2.19. The van der Waals surface area contributed by atoms with Crippen LogP contribution in [-0.4, -0.2) is 9.13 Å². The molecule has 2 aromatic heterocycles. The van der Waals surface area contributed by atoms with Gasteiger partial charge in [-0.2, -0.15) is 0 Å². The van der Waals surface area contributed by atoms with Crippen LogP contribution >= 0.6 is 15.9 Å². The molecular formula is C61H41BrN2. The van der Waals surface area contributed by atoms with Crippen LogP contribution in [0.2, 0.25) is 0 Å². The van der Waals surface area contributed by atoms with Crippen LogP contribution in [0.1, 0.15) is 5.56 Å². The first-order valence-corrected chi connectivity index (χ1v) is 22.6. The third-order valence-electron chi connectivity index (χ3n) is 12.8. The lowest BCUT2D eigenvalue weighted by atomic mass is 9.92. The smallest absolute Gasteiger partial charge is 0.0541 e. The first-order chi connectivity index (χ1) is 31.5. The Hall–Kier alpha value is -7.72. The number of fused-ring (bicyclic) bond motifs is 6. The highest BCUT2D eigenvalue weighted by molar-refractivity contribution is 9.10. The fourth-order valence-corrected chi connectivity index (χ4v) is 10.2. The molecule has 12 rings (SSSR count). The van der Waals surface area contributed by atoms with Crippen molar-refractivity contribution < 1.29 is 0 Å². The topological polar surface area (TPSA) is 9.86 Å². The Labute approximate surface area is 381 Å². The van der Waals surface area contributed by atoms with Gasteiger partial charge in [0.05, 0.1) is 22.1 Å². The van der Waals surface area contributed by atoms with E-state index in [1.165, 1.54) is 105 Å². The Morgan fingerprint density at radius 1 is 0.281 bits per heavy atom. The molecule has 0 spiro atoms. The molecule has 10 aromatic carbocycles. The highest BCUT2D eigenvalue weighted by Crippen LogP contribution is 2.41. The summed E-state index contributed by atoms with van der Waals surface area (Å²) in [5, 5.41) is 4.99. The summed E-state index contributed by atoms with van der Waals surface area (Å²) in [6, 6.07) is 84.2. The zero-order valence-corrected chi connectivity index (χ0v) is 36.8. The maximum Gasteiger partial charge on any atom is 0.0541 e. The predicted octanol–water partition coefficient (Wildman–Crippen LogP) is 17.3. The molecule has 2 nitrogen and oxygen atoms in total. The minimum absolute atomic E-state index is 1.05. The van der Waals surface area contributed by atoms with Crippen LogP contribution < -0.4 is 0 Å². The fourth-order valence-electron chi connectivity index (χ4n) is 9.85. The molecule has 64 heavy (non-hydrogen) atoms. The highest BCUT2D eigenvalue weighted by atomic mass is 79.9. The van der Waals surface area contributed by atoms with Crippen molar-refractivity contribution in [3.8, 4) is 67.0 Å². The third kappa shape index (κ3) is 6.56. The quantitative estimate of drug-likeness (QED) is 0.151. The molecular weight excluding hydrogens is 841 g/mol. The van der Waals surface area contributed by atoms with E-state index in [0.29, 0.717) is 0 Å². The van der Waals surface area contributed by atoms with Crippen LogP contribution in [-0.2, 0) is 0 Å². The maximum atomic E-state index is 3.82. The molecule has 2 heterocycles. The lowest BCUT2D eigenvalue weighted by Crippen LogP contribution is -1.94. The second-order valence-electron chi connectivity index (χ2n) is 16.8. The number of nitrogens with zero attached hydrogens (tertiary/aromatic N) is 2. The van der Waals surface area contributed by atoms with Gasteiger partial charge >= 0.3 is 0 Å². The fraction of sp³-hybridized carbons (Fsp3) is 0.0164. The van der Waals surface area contributed by atoms with Gasteiger partial charge in [-0.3, -0.25) is 0 Å². The van der Waals surface area contributed by atoms with E-state index < -0.39 is 0 Å². The zero-order valence-electron chi connectivity index (χ0n) is 35.2. The Morgan fingerprint density at radius 3 is 1.42 bits per heavy atom. The Kier molecular flexibility index (Phi) is 9.24. The Bertz CT molecular complexity index is 3730. The number of para-hydroxylation sites is 3. The van der Waals surface area contributed by atoms with Gasteiger partial charge in [0, 0.05) is 37.4 Å². The third-order valence-corrected chi connectivity index (χ3v) is 13.3. The molecule has 0 aliphatic rings. The summed E-state index contributed by atoms with van der Waals surface area (Å²) < 4.78 is 5.83. The van der Waals surface area contributed by atoms with Crippen molar-refractivity contribution in [2.75, 3.05) is 0 Å². The zero-order chi connectivity index (χ0) is 42.7. The van der Waals surface area contributed by atoms with Gasteiger partial charge in [-0.05, 0) is 153 Å². The molecule has 12 aromatic rings. The summed E-state index contributed by atoms with van der Waals surface area (Å²) >= 11 is 3.82. The lowest BCUT2D eigenvalue weighted by Gasteiger charge is -2.14. The second kappa shape index (κ2) is 15.6. The monoisotopic (exact) mass is 880 g/mol. The number of halogens is 1. The normalized spacial score (nSPS) is 11.6. The van der Waals surface area contributed by atoms with Crippen molar-refractivity contribution in [1.29, 1.82) is 0 Å². The van der Waals surface area contributed by atoms with Crippen molar-refractivity contribution in [3.63, 3.8) is 0 Å². The Balaban J connectivity index is 0.902. The summed E-state index contributed by atoms with van der Waals surface area (Å²) in [4.78, 5) is 0. The Morgan fingerprint density at radius 2 is 0.734 bits per heavy atom. The van der Waals surface area contributed by atoms with Gasteiger partial charge < -0.3 is 9.13 Å². The number of aromatic nitrogens is 2. The van der Waals surface area contributed by atoms with Crippen molar-refractivity contribution in [1.82, 2.24) is 9.13 Å². The van der Waals surface area contributed by atoms with Crippen LogP contribution in [0, 0.1) is 6.92 Å². The molecule has 0 radical (unpaired) electrons. The van der Waals surface area contributed by atoms with E-state index >= 15 is 0 Å². The molecule has 0 unspecified atom stereocenters. The molecule has 0 aliphatic carbocycles. The minimum atomic E-state index is 1.05. The van der Waals surface area contributed by atoms with Gasteiger partial charge in [0.2, 0.25) is 0 Å². The maximum absolute atomic E-state index is 3.82. The van der Waals surface area contributed by atoms with Crippen LogP contribution in [0.4, 0.5) is 0 Å². The predicted molar refractivity (Wildman–Crippen MR) is 275 cm³/mol. The summed E-state index contributed by atoms with van der Waals surface area (Å²) in [6.07, 6.45) is 0. The summed E-state index contributed by atoms with van der Waals surface area (Å²) in [5.74, 6) is 0. The molecule has 0 N–H and O–H groups in total. The van der Waals surface area contributed by atoms with E-state index in [4.69, 9.17) is 0 Å². The molecule has 0 fully saturated rings. The van der Waals surface area contributed by atoms with Crippen LogP contribution in [0.3, 0.4) is 0 Å². The average Bonchev–Trinajstić information content (AvgIpc) is 3.86. The number of hydrogen-bond acceptors (Lipinski definition) is 0. The van der Waals surface area contributed by atoms with Gasteiger partial charge in [-0.1, -0.05) is 162 Å². The van der Waals surface area contributed by atoms with Crippen molar-refractivity contribution in [3.05, 3.63) is 241 Å². The molecule has 0 saturated heterocycles. The van der Waals surface area contributed by atoms with Crippen molar-refractivity contribution in [2.24, 2.45) is 0 Å². The first-order valence-electron chi connectivity index (χ1n) is 21.8. The molecule has 0 bridgehead atoms. The van der Waals surface area contributed by atoms with Crippen LogP contribution in [0.15, 0.2) is 235 Å². The summed E-state index contributed by atoms with van der Waals surface area (Å²) in [7, 11) is 0. The van der Waals surface area contributed by atoms with Crippen LogP contribution in [0.25, 0.3) is 111 Å². The van der Waals surface area contributed by atoms with E-state index in [1.54, 1.807) is 0 Å². The molecule has 0 aliphatic heterocycles. The molecule has 0 amide bonds. The van der Waals surface area contributed by atoms with Crippen molar-refractivity contribution in [2.45, 2.75) is 6.92 Å². The number of hydrogen-bond donors (Lipinski definition) is 0. The standard InChI is InChI=1S/C61H41BrN2/c1-40-33-47(41-13-4-2-5-14-41)36-48(34-40)44-25-31-60-56(37-44)53-19-8-11-22-59(53)64(60)51-28-23-42(24-29-51)43-15-12-16-45(35-43)55-39-49(62)27-30-52(55)46-26-32-61-57(38-46)54-20-9-10-21-58(54)63(61)50-17-6-3-7-18-50/h2-39H,1H3. The van der Waals surface area contributed by atoms with E-state index in [1.807, 2.05) is 0 Å². The number of aryl methyl sites for hydroxylation is 1. The lowest BCUT2D eigenvalue weighted by molar-refractivity contribution is 1.18. The molecule has 0 saturated carbocycles. The summed E-state index contributed by atoms with van der Waals surface area (Å²) in [5.41, 5.74) is 20.4. The largest absolute Gasteiger partial charge is 0.309 e. The van der Waals surface area contributed by atoms with Gasteiger partial charge in [0.15, 0.2) is 0 Å². The highest BCUT2D eigenvalue weighted by Gasteiger charge is 2.17. The SMILES string of the molecule is Cc1cc(-c2ccccc2)cc(-c2ccc3c(c2)c2ccccc2n3-c2ccc(-c3cccc(-c4cc(Br)ccc4-c4ccc5c(c4)c4ccccc4n5-c4ccccc4)c3)cc2)c1. The number of rotatable bonds is 7. The minimum Gasteiger partial charge on any atom is -0.309 e. The van der Waals surface area contributed by atoms with Gasteiger partial charge in [-0.25, -0.2) is 0 Å². The molecule has 3 heteroatoms. The molecule has 0 atom stereocenters. The van der Waals surface area contributed by atoms with Crippen LogP contribution in [0.5, 0.6) is 0 Å². The average molecular weight is 882 g/mol. The van der Waals surface area contributed by atoms with E-state index in [0.717, 1.165) is 15.8 Å². The van der Waals surface area contributed by atoms with E-state index in [2.05, 4.69) is 263 Å². The van der Waals surface area contributed by atoms with E-state index in [-0.39, 0.29) is 0 Å².